The van der Waals surface area contributed by atoms with E-state index >= 15 is 0 Å². The molecular formula is C16H19N7O2. The van der Waals surface area contributed by atoms with Crippen molar-refractivity contribution in [3.05, 3.63) is 48.3 Å². The summed E-state index contributed by atoms with van der Waals surface area (Å²) in [5.41, 5.74) is 0.436. The predicted octanol–water partition coefficient (Wildman–Crippen LogP) is 1.73. The monoisotopic (exact) mass is 341 g/mol. The molecule has 0 aliphatic heterocycles. The highest BCUT2D eigenvalue weighted by molar-refractivity contribution is 5.94. The van der Waals surface area contributed by atoms with Crippen molar-refractivity contribution in [2.75, 3.05) is 0 Å². The smallest absolute Gasteiger partial charge is 0.253 e. The van der Waals surface area contributed by atoms with E-state index in [1.54, 1.807) is 23.6 Å². The van der Waals surface area contributed by atoms with Crippen molar-refractivity contribution in [2.24, 2.45) is 5.92 Å². The van der Waals surface area contributed by atoms with Gasteiger partial charge in [-0.25, -0.2) is 4.98 Å². The third-order valence-corrected chi connectivity index (χ3v) is 3.49. The van der Waals surface area contributed by atoms with Crippen LogP contribution in [0.3, 0.4) is 0 Å². The van der Waals surface area contributed by atoms with Gasteiger partial charge in [-0.05, 0) is 25.0 Å². The summed E-state index contributed by atoms with van der Waals surface area (Å²) in [6.07, 6.45) is 5.30. The quantitative estimate of drug-likeness (QED) is 0.726. The molecule has 3 aromatic heterocycles. The lowest BCUT2D eigenvalue weighted by atomic mass is 10.1. The molecule has 130 valence electrons. The van der Waals surface area contributed by atoms with Gasteiger partial charge in [-0.3, -0.25) is 9.36 Å². The zero-order chi connectivity index (χ0) is 17.8. The molecule has 0 aromatic carbocycles. The van der Waals surface area contributed by atoms with Gasteiger partial charge in [0, 0.05) is 12.6 Å². The standard InChI is InChI=1S/C16H19N7O2/c1-10(2)6-13-21-16(25-22-13)11(3)20-15(24)12-4-5-14(17-7-12)23-8-18-19-9-23/h4-5,7-11H,6H2,1-3H3,(H,20,24)/t11-/m0/s1. The average Bonchev–Trinajstić information content (AvgIpc) is 3.26. The summed E-state index contributed by atoms with van der Waals surface area (Å²) in [6.45, 7) is 5.96. The molecule has 3 rings (SSSR count). The van der Waals surface area contributed by atoms with Crippen molar-refractivity contribution < 1.29 is 9.32 Å². The molecule has 3 heterocycles. The zero-order valence-corrected chi connectivity index (χ0v) is 14.2. The molecule has 25 heavy (non-hydrogen) atoms. The Morgan fingerprint density at radius 2 is 2.00 bits per heavy atom. The van der Waals surface area contributed by atoms with Crippen LogP contribution in [-0.2, 0) is 6.42 Å². The average molecular weight is 341 g/mol. The van der Waals surface area contributed by atoms with Gasteiger partial charge in [0.2, 0.25) is 5.89 Å². The van der Waals surface area contributed by atoms with E-state index in [9.17, 15) is 4.79 Å². The maximum absolute atomic E-state index is 12.3. The topological polar surface area (TPSA) is 112 Å². The van der Waals surface area contributed by atoms with Gasteiger partial charge in [-0.2, -0.15) is 4.98 Å². The first kappa shape index (κ1) is 16.7. The summed E-state index contributed by atoms with van der Waals surface area (Å²) in [4.78, 5) is 20.9. The lowest BCUT2D eigenvalue weighted by Gasteiger charge is -2.09. The summed E-state index contributed by atoms with van der Waals surface area (Å²) in [5, 5.41) is 14.2. The summed E-state index contributed by atoms with van der Waals surface area (Å²) in [6, 6.07) is 3.01. The number of nitrogens with one attached hydrogen (secondary N) is 1. The zero-order valence-electron chi connectivity index (χ0n) is 14.2. The largest absolute Gasteiger partial charge is 0.340 e. The van der Waals surface area contributed by atoms with Crippen LogP contribution in [0.5, 0.6) is 0 Å². The number of carbonyl (C=O) groups is 1. The predicted molar refractivity (Wildman–Crippen MR) is 87.9 cm³/mol. The minimum absolute atomic E-state index is 0.265. The van der Waals surface area contributed by atoms with E-state index in [1.807, 2.05) is 0 Å². The lowest BCUT2D eigenvalue weighted by molar-refractivity contribution is 0.0932. The van der Waals surface area contributed by atoms with E-state index in [0.717, 1.165) is 6.42 Å². The molecule has 1 amide bonds. The van der Waals surface area contributed by atoms with Gasteiger partial charge < -0.3 is 9.84 Å². The number of amides is 1. The van der Waals surface area contributed by atoms with Crippen molar-refractivity contribution in [1.29, 1.82) is 0 Å². The highest BCUT2D eigenvalue weighted by Gasteiger charge is 2.18. The normalized spacial score (nSPS) is 12.3. The SMILES string of the molecule is CC(C)Cc1noc([C@H](C)NC(=O)c2ccc(-n3cnnc3)nc2)n1. The van der Waals surface area contributed by atoms with Crippen molar-refractivity contribution >= 4 is 5.91 Å². The second kappa shape index (κ2) is 7.20. The molecule has 3 aromatic rings. The fourth-order valence-electron chi connectivity index (χ4n) is 2.23. The van der Waals surface area contributed by atoms with E-state index in [4.69, 9.17) is 4.52 Å². The van der Waals surface area contributed by atoms with Crippen LogP contribution in [0.1, 0.15) is 48.9 Å². The molecule has 0 fully saturated rings. The van der Waals surface area contributed by atoms with Crippen LogP contribution >= 0.6 is 0 Å². The summed E-state index contributed by atoms with van der Waals surface area (Å²) in [5.74, 6) is 1.83. The Morgan fingerprint density at radius 1 is 1.24 bits per heavy atom. The van der Waals surface area contributed by atoms with Gasteiger partial charge in [0.15, 0.2) is 5.82 Å². The van der Waals surface area contributed by atoms with Crippen LogP contribution in [0, 0.1) is 5.92 Å². The van der Waals surface area contributed by atoms with E-state index < -0.39 is 6.04 Å². The van der Waals surface area contributed by atoms with Gasteiger partial charge >= 0.3 is 0 Å². The molecule has 0 saturated carbocycles. The maximum atomic E-state index is 12.3. The van der Waals surface area contributed by atoms with Gasteiger partial charge in [-0.1, -0.05) is 19.0 Å². The number of hydrogen-bond acceptors (Lipinski definition) is 7. The van der Waals surface area contributed by atoms with Crippen LogP contribution in [0.25, 0.3) is 5.82 Å². The Kier molecular flexibility index (Phi) is 4.82. The minimum atomic E-state index is -0.390. The third kappa shape index (κ3) is 4.06. The molecule has 9 nitrogen and oxygen atoms in total. The molecule has 0 saturated heterocycles. The second-order valence-electron chi connectivity index (χ2n) is 6.12. The molecule has 0 unspecified atom stereocenters. The molecule has 1 atom stereocenters. The Balaban J connectivity index is 1.64. The van der Waals surface area contributed by atoms with Crippen molar-refractivity contribution in [3.63, 3.8) is 0 Å². The van der Waals surface area contributed by atoms with Crippen LogP contribution in [0.15, 0.2) is 35.5 Å². The molecule has 0 aliphatic carbocycles. The Morgan fingerprint density at radius 3 is 2.64 bits per heavy atom. The fraction of sp³-hybridized carbons (Fsp3) is 0.375. The van der Waals surface area contributed by atoms with Crippen molar-refractivity contribution in [3.8, 4) is 5.82 Å². The number of carbonyl (C=O) groups excluding carboxylic acids is 1. The van der Waals surface area contributed by atoms with Gasteiger partial charge in [0.05, 0.1) is 5.56 Å². The Bertz CT molecular complexity index is 825. The van der Waals surface area contributed by atoms with Crippen LogP contribution in [-0.4, -0.2) is 35.8 Å². The second-order valence-corrected chi connectivity index (χ2v) is 6.12. The molecule has 0 radical (unpaired) electrons. The van der Waals surface area contributed by atoms with Crippen molar-refractivity contribution in [2.45, 2.75) is 33.2 Å². The van der Waals surface area contributed by atoms with Crippen LogP contribution in [0.4, 0.5) is 0 Å². The molecule has 0 aliphatic rings. The van der Waals surface area contributed by atoms with Gasteiger partial charge in [-0.15, -0.1) is 10.2 Å². The van der Waals surface area contributed by atoms with E-state index in [0.29, 0.717) is 29.0 Å². The van der Waals surface area contributed by atoms with E-state index in [-0.39, 0.29) is 5.91 Å². The number of nitrogens with zero attached hydrogens (tertiary/aromatic N) is 6. The molecule has 9 heteroatoms. The first-order chi connectivity index (χ1) is 12.0. The first-order valence-corrected chi connectivity index (χ1v) is 7.97. The number of hydrogen-bond donors (Lipinski definition) is 1. The number of pyridine rings is 1. The maximum Gasteiger partial charge on any atom is 0.253 e. The molecule has 0 spiro atoms. The number of rotatable bonds is 6. The highest BCUT2D eigenvalue weighted by atomic mass is 16.5. The minimum Gasteiger partial charge on any atom is -0.340 e. The number of aromatic nitrogens is 6. The summed E-state index contributed by atoms with van der Waals surface area (Å²) >= 11 is 0. The molecular weight excluding hydrogens is 322 g/mol. The third-order valence-electron chi connectivity index (χ3n) is 3.49. The van der Waals surface area contributed by atoms with Gasteiger partial charge in [0.1, 0.15) is 24.5 Å². The molecule has 0 bridgehead atoms. The lowest BCUT2D eigenvalue weighted by Crippen LogP contribution is -2.27. The first-order valence-electron chi connectivity index (χ1n) is 7.97. The fourth-order valence-corrected chi connectivity index (χ4v) is 2.23. The highest BCUT2D eigenvalue weighted by Crippen LogP contribution is 2.13. The Labute approximate surface area is 144 Å². The van der Waals surface area contributed by atoms with E-state index in [1.165, 1.54) is 18.9 Å². The Hall–Kier alpha value is -3.10. The van der Waals surface area contributed by atoms with Crippen molar-refractivity contribution in [1.82, 2.24) is 35.2 Å². The van der Waals surface area contributed by atoms with Crippen LogP contribution in [0.2, 0.25) is 0 Å². The molecule has 1 N–H and O–H groups in total. The van der Waals surface area contributed by atoms with Crippen LogP contribution < -0.4 is 5.32 Å². The summed E-state index contributed by atoms with van der Waals surface area (Å²) < 4.78 is 6.88. The van der Waals surface area contributed by atoms with Gasteiger partial charge in [0.25, 0.3) is 5.91 Å². The van der Waals surface area contributed by atoms with E-state index in [2.05, 4.69) is 44.5 Å². The summed E-state index contributed by atoms with van der Waals surface area (Å²) in [7, 11) is 0.